The van der Waals surface area contributed by atoms with Gasteiger partial charge in [-0.2, -0.15) is 0 Å². The monoisotopic (exact) mass is 356 g/mol. The molecule has 0 spiro atoms. The molecule has 1 aliphatic rings. The van der Waals surface area contributed by atoms with Crippen molar-refractivity contribution in [3.63, 3.8) is 0 Å². The van der Waals surface area contributed by atoms with Crippen LogP contribution in [0.2, 0.25) is 0 Å². The largest absolute Gasteiger partial charge is 0.308 e. The first kappa shape index (κ1) is 18.0. The van der Waals surface area contributed by atoms with E-state index in [1.165, 1.54) is 5.56 Å². The molecular weight excluding hydrogens is 332 g/mol. The van der Waals surface area contributed by atoms with Gasteiger partial charge in [0.2, 0.25) is 5.91 Å². The number of hydrogen-bond acceptors (Lipinski definition) is 2. The van der Waals surface area contributed by atoms with Crippen LogP contribution in [0.25, 0.3) is 0 Å². The summed E-state index contributed by atoms with van der Waals surface area (Å²) in [5, 5.41) is 0. The second-order valence-electron chi connectivity index (χ2n) is 6.79. The van der Waals surface area contributed by atoms with Gasteiger partial charge in [-0.1, -0.05) is 55.5 Å². The molecule has 2 atom stereocenters. The molecule has 1 amide bonds. The van der Waals surface area contributed by atoms with E-state index in [9.17, 15) is 4.79 Å². The molecule has 0 aliphatic carbocycles. The van der Waals surface area contributed by atoms with Crippen LogP contribution in [0.5, 0.6) is 0 Å². The summed E-state index contributed by atoms with van der Waals surface area (Å²) >= 11 is 5.90. The van der Waals surface area contributed by atoms with Crippen LogP contribution in [-0.2, 0) is 11.3 Å². The SMILES string of the molecule is C[C@@H]1CN(Cc2ccccc2)CC[C@H]1N(C(=O)CCl)c1ccccc1. The summed E-state index contributed by atoms with van der Waals surface area (Å²) in [6.07, 6.45) is 0.964. The van der Waals surface area contributed by atoms with E-state index in [0.29, 0.717) is 5.92 Å². The molecule has 132 valence electrons. The van der Waals surface area contributed by atoms with Gasteiger partial charge in [-0.3, -0.25) is 9.69 Å². The summed E-state index contributed by atoms with van der Waals surface area (Å²) in [5.41, 5.74) is 2.28. The predicted octanol–water partition coefficient (Wildman–Crippen LogP) is 4.17. The van der Waals surface area contributed by atoms with Crippen molar-refractivity contribution in [3.8, 4) is 0 Å². The molecule has 25 heavy (non-hydrogen) atoms. The fourth-order valence-corrected chi connectivity index (χ4v) is 3.89. The number of piperidine rings is 1. The summed E-state index contributed by atoms with van der Waals surface area (Å²) in [5.74, 6) is 0.400. The number of benzene rings is 2. The maximum atomic E-state index is 12.5. The van der Waals surface area contributed by atoms with Crippen molar-refractivity contribution >= 4 is 23.2 Å². The summed E-state index contributed by atoms with van der Waals surface area (Å²) in [7, 11) is 0. The van der Waals surface area contributed by atoms with Gasteiger partial charge in [0.1, 0.15) is 5.88 Å². The minimum atomic E-state index is -0.0128. The fraction of sp³-hybridized carbons (Fsp3) is 0.381. The first-order chi connectivity index (χ1) is 12.2. The molecule has 1 aliphatic heterocycles. The van der Waals surface area contributed by atoms with Gasteiger partial charge < -0.3 is 4.90 Å². The van der Waals surface area contributed by atoms with E-state index in [1.807, 2.05) is 41.3 Å². The Morgan fingerprint density at radius 2 is 1.76 bits per heavy atom. The van der Waals surface area contributed by atoms with Crippen LogP contribution in [0, 0.1) is 5.92 Å². The third-order valence-electron chi connectivity index (χ3n) is 4.94. The summed E-state index contributed by atoms with van der Waals surface area (Å²) in [4.78, 5) is 16.9. The Morgan fingerprint density at radius 3 is 2.36 bits per heavy atom. The number of rotatable bonds is 5. The zero-order chi connectivity index (χ0) is 17.6. The quantitative estimate of drug-likeness (QED) is 0.751. The number of amides is 1. The lowest BCUT2D eigenvalue weighted by Crippen LogP contribution is -2.52. The molecule has 0 N–H and O–H groups in total. The second-order valence-corrected chi connectivity index (χ2v) is 7.05. The lowest BCUT2D eigenvalue weighted by atomic mass is 9.91. The average Bonchev–Trinajstić information content (AvgIpc) is 2.65. The highest BCUT2D eigenvalue weighted by molar-refractivity contribution is 6.29. The summed E-state index contributed by atoms with van der Waals surface area (Å²) in [6.45, 7) is 5.17. The fourth-order valence-electron chi connectivity index (χ4n) is 3.76. The molecule has 3 rings (SSSR count). The smallest absolute Gasteiger partial charge is 0.242 e. The van der Waals surface area contributed by atoms with Gasteiger partial charge in [0.15, 0.2) is 0 Å². The van der Waals surface area contributed by atoms with Gasteiger partial charge in [-0.05, 0) is 30.0 Å². The Hall–Kier alpha value is -1.84. The first-order valence-corrected chi connectivity index (χ1v) is 9.42. The van der Waals surface area contributed by atoms with Gasteiger partial charge in [0.25, 0.3) is 0 Å². The normalized spacial score (nSPS) is 21.0. The van der Waals surface area contributed by atoms with Crippen molar-refractivity contribution in [3.05, 3.63) is 66.2 Å². The Bertz CT molecular complexity index is 677. The molecular formula is C21H25ClN2O. The summed E-state index contributed by atoms with van der Waals surface area (Å²) in [6, 6.07) is 20.7. The number of halogens is 1. The van der Waals surface area contributed by atoms with E-state index in [-0.39, 0.29) is 17.8 Å². The predicted molar refractivity (Wildman–Crippen MR) is 104 cm³/mol. The van der Waals surface area contributed by atoms with Crippen molar-refractivity contribution in [1.29, 1.82) is 0 Å². The molecule has 0 unspecified atom stereocenters. The van der Waals surface area contributed by atoms with Crippen molar-refractivity contribution < 1.29 is 4.79 Å². The van der Waals surface area contributed by atoms with Crippen LogP contribution >= 0.6 is 11.6 Å². The third kappa shape index (κ3) is 4.42. The maximum absolute atomic E-state index is 12.5. The van der Waals surface area contributed by atoms with Crippen molar-refractivity contribution in [2.45, 2.75) is 25.9 Å². The molecule has 2 aromatic carbocycles. The molecule has 1 heterocycles. The minimum Gasteiger partial charge on any atom is -0.308 e. The third-order valence-corrected chi connectivity index (χ3v) is 5.17. The molecule has 2 aromatic rings. The van der Waals surface area contributed by atoms with E-state index in [4.69, 9.17) is 11.6 Å². The van der Waals surface area contributed by atoms with E-state index < -0.39 is 0 Å². The van der Waals surface area contributed by atoms with Gasteiger partial charge in [0, 0.05) is 31.4 Å². The molecule has 0 radical (unpaired) electrons. The van der Waals surface area contributed by atoms with Crippen LogP contribution in [0.3, 0.4) is 0 Å². The van der Waals surface area contributed by atoms with Crippen LogP contribution < -0.4 is 4.90 Å². The highest BCUT2D eigenvalue weighted by atomic mass is 35.5. The van der Waals surface area contributed by atoms with E-state index >= 15 is 0 Å². The van der Waals surface area contributed by atoms with E-state index in [0.717, 1.165) is 31.7 Å². The molecule has 3 nitrogen and oxygen atoms in total. The van der Waals surface area contributed by atoms with Crippen molar-refractivity contribution in [1.82, 2.24) is 4.90 Å². The number of alkyl halides is 1. The second kappa shape index (κ2) is 8.50. The van der Waals surface area contributed by atoms with Crippen molar-refractivity contribution in [2.24, 2.45) is 5.92 Å². The maximum Gasteiger partial charge on any atom is 0.242 e. The van der Waals surface area contributed by atoms with Gasteiger partial charge in [0.05, 0.1) is 0 Å². The Balaban J connectivity index is 1.71. The summed E-state index contributed by atoms with van der Waals surface area (Å²) < 4.78 is 0. The number of anilines is 1. The number of nitrogens with zero attached hydrogens (tertiary/aromatic N) is 2. The number of carbonyl (C=O) groups is 1. The van der Waals surface area contributed by atoms with Crippen LogP contribution in [0.1, 0.15) is 18.9 Å². The molecule has 4 heteroatoms. The highest BCUT2D eigenvalue weighted by Crippen LogP contribution is 2.28. The van der Waals surface area contributed by atoms with Gasteiger partial charge in [-0.25, -0.2) is 0 Å². The number of likely N-dealkylation sites (tertiary alicyclic amines) is 1. The van der Waals surface area contributed by atoms with Crippen molar-refractivity contribution in [2.75, 3.05) is 23.9 Å². The standard InChI is InChI=1S/C21H25ClN2O/c1-17-15-23(16-18-8-4-2-5-9-18)13-12-20(17)24(21(25)14-22)19-10-6-3-7-11-19/h2-11,17,20H,12-16H2,1H3/t17-,20-/m1/s1. The number of para-hydroxylation sites is 1. The Kier molecular flexibility index (Phi) is 6.11. The Morgan fingerprint density at radius 1 is 1.12 bits per heavy atom. The van der Waals surface area contributed by atoms with Gasteiger partial charge >= 0.3 is 0 Å². The zero-order valence-electron chi connectivity index (χ0n) is 14.6. The first-order valence-electron chi connectivity index (χ1n) is 8.88. The average molecular weight is 357 g/mol. The molecule has 0 aromatic heterocycles. The topological polar surface area (TPSA) is 23.6 Å². The van der Waals surface area contributed by atoms with Gasteiger partial charge in [-0.15, -0.1) is 11.6 Å². The minimum absolute atomic E-state index is 0.0128. The molecule has 1 fully saturated rings. The molecule has 0 bridgehead atoms. The Labute approximate surface area is 155 Å². The number of carbonyl (C=O) groups excluding carboxylic acids is 1. The zero-order valence-corrected chi connectivity index (χ0v) is 15.4. The molecule has 1 saturated heterocycles. The van der Waals surface area contributed by atoms with Crippen LogP contribution in [-0.4, -0.2) is 35.8 Å². The lowest BCUT2D eigenvalue weighted by Gasteiger charge is -2.42. The van der Waals surface area contributed by atoms with E-state index in [1.54, 1.807) is 0 Å². The lowest BCUT2D eigenvalue weighted by molar-refractivity contribution is -0.117. The van der Waals surface area contributed by atoms with E-state index in [2.05, 4.69) is 36.1 Å². The molecule has 0 saturated carbocycles. The van der Waals surface area contributed by atoms with Crippen LogP contribution in [0.4, 0.5) is 5.69 Å². The highest BCUT2D eigenvalue weighted by Gasteiger charge is 2.33. The number of hydrogen-bond donors (Lipinski definition) is 0. The van der Waals surface area contributed by atoms with Crippen LogP contribution in [0.15, 0.2) is 60.7 Å².